The van der Waals surface area contributed by atoms with Crippen molar-refractivity contribution in [2.24, 2.45) is 5.73 Å². The first kappa shape index (κ1) is 16.1. The topological polar surface area (TPSA) is 62.9 Å². The van der Waals surface area contributed by atoms with Crippen LogP contribution in [-0.2, 0) is 9.31 Å². The summed E-state index contributed by atoms with van der Waals surface area (Å²) in [5, 5.41) is 0. The lowest BCUT2D eigenvalue weighted by atomic mass is 9.74. The quantitative estimate of drug-likeness (QED) is 0.863. The van der Waals surface area contributed by atoms with Gasteiger partial charge < -0.3 is 24.5 Å². The lowest BCUT2D eigenvalue weighted by Crippen LogP contribution is -2.41. The van der Waals surface area contributed by atoms with Crippen molar-refractivity contribution in [3.8, 4) is 11.5 Å². The van der Waals surface area contributed by atoms with E-state index in [0.29, 0.717) is 5.75 Å². The van der Waals surface area contributed by atoms with E-state index in [1.54, 1.807) is 20.3 Å². The molecule has 0 radical (unpaired) electrons. The fraction of sp³-hybridized carbons (Fsp3) is 0.600. The first-order chi connectivity index (χ1) is 9.71. The summed E-state index contributed by atoms with van der Waals surface area (Å²) in [6, 6.07) is 5.54. The van der Waals surface area contributed by atoms with Crippen molar-refractivity contribution >= 4 is 7.12 Å². The Balaban J connectivity index is 2.27. The SMILES string of the molecule is COc1ccc([C@H](N)B2OC(C)(C)C(C)(C)O2)c(OC)c1. The van der Waals surface area contributed by atoms with Crippen LogP contribution in [0.25, 0.3) is 0 Å². The zero-order valence-corrected chi connectivity index (χ0v) is 13.6. The summed E-state index contributed by atoms with van der Waals surface area (Å²) >= 11 is 0. The van der Waals surface area contributed by atoms with Crippen molar-refractivity contribution < 1.29 is 18.8 Å². The molecule has 0 saturated carbocycles. The van der Waals surface area contributed by atoms with Crippen LogP contribution < -0.4 is 15.2 Å². The van der Waals surface area contributed by atoms with Crippen LogP contribution in [0.15, 0.2) is 18.2 Å². The van der Waals surface area contributed by atoms with Gasteiger partial charge in [-0.15, -0.1) is 0 Å². The van der Waals surface area contributed by atoms with Crippen molar-refractivity contribution in [2.75, 3.05) is 14.2 Å². The Morgan fingerprint density at radius 1 is 1.05 bits per heavy atom. The van der Waals surface area contributed by atoms with Gasteiger partial charge >= 0.3 is 7.12 Å². The molecule has 1 aromatic rings. The summed E-state index contributed by atoms with van der Waals surface area (Å²) in [7, 11) is 2.70. The Hall–Kier alpha value is -1.24. The maximum Gasteiger partial charge on any atom is 0.480 e. The molecule has 2 N–H and O–H groups in total. The fourth-order valence-corrected chi connectivity index (χ4v) is 2.28. The van der Waals surface area contributed by atoms with E-state index in [4.69, 9.17) is 24.5 Å². The minimum Gasteiger partial charge on any atom is -0.497 e. The number of rotatable bonds is 4. The van der Waals surface area contributed by atoms with Gasteiger partial charge in [0.25, 0.3) is 0 Å². The zero-order valence-electron chi connectivity index (χ0n) is 13.6. The molecule has 1 aliphatic heterocycles. The molecule has 1 aliphatic rings. The van der Waals surface area contributed by atoms with Crippen LogP contribution in [0.2, 0.25) is 0 Å². The van der Waals surface area contributed by atoms with Crippen LogP contribution in [0, 0.1) is 0 Å². The molecule has 1 atom stereocenters. The third kappa shape index (κ3) is 2.88. The molecule has 0 aliphatic carbocycles. The maximum absolute atomic E-state index is 6.34. The molecule has 21 heavy (non-hydrogen) atoms. The Bertz CT molecular complexity index is 502. The average molecular weight is 293 g/mol. The molecule has 1 fully saturated rings. The van der Waals surface area contributed by atoms with E-state index in [1.807, 2.05) is 39.8 Å². The fourth-order valence-electron chi connectivity index (χ4n) is 2.28. The smallest absolute Gasteiger partial charge is 0.480 e. The van der Waals surface area contributed by atoms with E-state index >= 15 is 0 Å². The predicted octanol–water partition coefficient (Wildman–Crippen LogP) is 2.33. The van der Waals surface area contributed by atoms with Crippen LogP contribution in [0.3, 0.4) is 0 Å². The van der Waals surface area contributed by atoms with Crippen molar-refractivity contribution in [2.45, 2.75) is 44.8 Å². The number of hydrogen-bond donors (Lipinski definition) is 1. The molecule has 5 nitrogen and oxygen atoms in total. The molecule has 2 rings (SSSR count). The summed E-state index contributed by atoms with van der Waals surface area (Å²) in [4.78, 5) is 0. The first-order valence-corrected chi connectivity index (χ1v) is 7.05. The maximum atomic E-state index is 6.34. The standard InChI is InChI=1S/C15H24BNO4/c1-14(2)15(3,4)21-16(20-14)13(17)11-8-7-10(18-5)9-12(11)19-6/h7-9,13H,17H2,1-6H3/t13-/m0/s1. The van der Waals surface area contributed by atoms with E-state index in [9.17, 15) is 0 Å². The lowest BCUT2D eigenvalue weighted by Gasteiger charge is -2.32. The van der Waals surface area contributed by atoms with Gasteiger partial charge in [-0.2, -0.15) is 0 Å². The van der Waals surface area contributed by atoms with E-state index in [2.05, 4.69) is 0 Å². The van der Waals surface area contributed by atoms with E-state index in [-0.39, 0.29) is 0 Å². The molecule has 0 spiro atoms. The molecule has 6 heteroatoms. The van der Waals surface area contributed by atoms with Gasteiger partial charge in [0, 0.05) is 11.6 Å². The number of benzene rings is 1. The van der Waals surface area contributed by atoms with E-state index < -0.39 is 24.3 Å². The number of hydrogen-bond acceptors (Lipinski definition) is 5. The number of nitrogens with two attached hydrogens (primary N) is 1. The summed E-state index contributed by atoms with van der Waals surface area (Å²) < 4.78 is 22.6. The summed E-state index contributed by atoms with van der Waals surface area (Å²) in [6.07, 6.45) is 0. The molecule has 0 aromatic heterocycles. The average Bonchev–Trinajstić information content (AvgIpc) is 2.66. The highest BCUT2D eigenvalue weighted by atomic mass is 16.7. The molecule has 1 saturated heterocycles. The summed E-state index contributed by atoms with van der Waals surface area (Å²) in [6.45, 7) is 8.02. The van der Waals surface area contributed by atoms with Crippen LogP contribution in [-0.4, -0.2) is 32.5 Å². The highest BCUT2D eigenvalue weighted by molar-refractivity contribution is 6.47. The Morgan fingerprint density at radius 2 is 1.62 bits per heavy atom. The molecule has 0 bridgehead atoms. The Morgan fingerprint density at radius 3 is 2.10 bits per heavy atom. The second-order valence-electron chi connectivity index (χ2n) is 6.26. The molecule has 0 unspecified atom stereocenters. The molecular formula is C15H24BNO4. The lowest BCUT2D eigenvalue weighted by molar-refractivity contribution is 0.00578. The van der Waals surface area contributed by atoms with Gasteiger partial charge in [-0.3, -0.25) is 0 Å². The molecule has 116 valence electrons. The monoisotopic (exact) mass is 293 g/mol. The van der Waals surface area contributed by atoms with Gasteiger partial charge in [0.15, 0.2) is 0 Å². The van der Waals surface area contributed by atoms with Crippen molar-refractivity contribution in [3.63, 3.8) is 0 Å². The second-order valence-corrected chi connectivity index (χ2v) is 6.26. The normalized spacial score (nSPS) is 21.2. The second kappa shape index (κ2) is 5.52. The molecule has 0 amide bonds. The predicted molar refractivity (Wildman–Crippen MR) is 82.6 cm³/mol. The molecule has 1 aromatic carbocycles. The van der Waals surface area contributed by atoms with Crippen LogP contribution in [0.1, 0.15) is 39.2 Å². The minimum absolute atomic E-state index is 0.408. The van der Waals surface area contributed by atoms with Crippen molar-refractivity contribution in [1.82, 2.24) is 0 Å². The van der Waals surface area contributed by atoms with Gasteiger partial charge in [0.2, 0.25) is 0 Å². The highest BCUT2D eigenvalue weighted by Crippen LogP contribution is 2.41. The third-order valence-corrected chi connectivity index (χ3v) is 4.36. The van der Waals surface area contributed by atoms with E-state index in [1.165, 1.54) is 0 Å². The largest absolute Gasteiger partial charge is 0.497 e. The minimum atomic E-state index is -0.516. The van der Waals surface area contributed by atoms with Crippen molar-refractivity contribution in [1.29, 1.82) is 0 Å². The van der Waals surface area contributed by atoms with Gasteiger partial charge in [-0.1, -0.05) is 6.07 Å². The van der Waals surface area contributed by atoms with Gasteiger partial charge in [-0.25, -0.2) is 0 Å². The van der Waals surface area contributed by atoms with Gasteiger partial charge in [0.1, 0.15) is 11.5 Å². The Kier molecular flexibility index (Phi) is 4.24. The Labute approximate surface area is 126 Å². The summed E-state index contributed by atoms with van der Waals surface area (Å²) in [5.74, 6) is 0.945. The van der Waals surface area contributed by atoms with Crippen LogP contribution in [0.4, 0.5) is 0 Å². The van der Waals surface area contributed by atoms with Crippen LogP contribution >= 0.6 is 0 Å². The highest BCUT2D eigenvalue weighted by Gasteiger charge is 2.53. The third-order valence-electron chi connectivity index (χ3n) is 4.36. The zero-order chi connectivity index (χ0) is 15.8. The van der Waals surface area contributed by atoms with Gasteiger partial charge in [-0.05, 0) is 33.8 Å². The summed E-state index contributed by atoms with van der Waals surface area (Å²) in [5.41, 5.74) is 6.35. The molecule has 1 heterocycles. The van der Waals surface area contributed by atoms with E-state index in [0.717, 1.165) is 11.3 Å². The van der Waals surface area contributed by atoms with Gasteiger partial charge in [0.05, 0.1) is 31.4 Å². The first-order valence-electron chi connectivity index (χ1n) is 7.05. The number of ether oxygens (including phenoxy) is 2. The molecular weight excluding hydrogens is 269 g/mol. The van der Waals surface area contributed by atoms with Crippen LogP contribution in [0.5, 0.6) is 11.5 Å². The van der Waals surface area contributed by atoms with Crippen molar-refractivity contribution in [3.05, 3.63) is 23.8 Å². The number of methoxy groups -OCH3 is 2.